The van der Waals surface area contributed by atoms with Gasteiger partial charge in [0.25, 0.3) is 0 Å². The van der Waals surface area contributed by atoms with E-state index in [9.17, 15) is 0 Å². The third kappa shape index (κ3) is 2.16. The highest BCUT2D eigenvalue weighted by Gasteiger charge is 2.20. The Morgan fingerprint density at radius 2 is 2.12 bits per heavy atom. The van der Waals surface area contributed by atoms with Gasteiger partial charge in [-0.1, -0.05) is 6.92 Å². The molecule has 0 radical (unpaired) electrons. The van der Waals surface area contributed by atoms with Crippen LogP contribution in [0.25, 0.3) is 0 Å². The fourth-order valence-corrected chi connectivity index (χ4v) is 2.12. The molecular formula is C12H20N4. The van der Waals surface area contributed by atoms with Crippen molar-refractivity contribution in [1.82, 2.24) is 9.97 Å². The van der Waals surface area contributed by atoms with E-state index in [0.717, 1.165) is 24.7 Å². The van der Waals surface area contributed by atoms with Crippen molar-refractivity contribution in [3.05, 3.63) is 17.6 Å². The Bertz CT molecular complexity index is 358. The van der Waals surface area contributed by atoms with Crippen LogP contribution in [0.15, 0.2) is 6.20 Å². The minimum Gasteiger partial charge on any atom is -0.356 e. The first kappa shape index (κ1) is 11.3. The molecule has 16 heavy (non-hydrogen) atoms. The topological polar surface area (TPSA) is 55.0 Å². The lowest BCUT2D eigenvalue weighted by atomic mass is 10.0. The lowest BCUT2D eigenvalue weighted by Gasteiger charge is -2.22. The summed E-state index contributed by atoms with van der Waals surface area (Å²) in [6, 6.07) is 0. The molecule has 1 fully saturated rings. The van der Waals surface area contributed by atoms with E-state index in [1.165, 1.54) is 18.4 Å². The van der Waals surface area contributed by atoms with E-state index in [2.05, 4.69) is 21.8 Å². The quantitative estimate of drug-likeness (QED) is 0.837. The smallest absolute Gasteiger partial charge is 0.135 e. The molecule has 1 saturated heterocycles. The van der Waals surface area contributed by atoms with Gasteiger partial charge >= 0.3 is 0 Å². The molecule has 1 unspecified atom stereocenters. The van der Waals surface area contributed by atoms with Gasteiger partial charge in [0.1, 0.15) is 11.6 Å². The zero-order valence-electron chi connectivity index (χ0n) is 10.1. The van der Waals surface area contributed by atoms with Gasteiger partial charge in [-0.2, -0.15) is 0 Å². The number of rotatable bonds is 3. The van der Waals surface area contributed by atoms with E-state index in [0.29, 0.717) is 12.5 Å². The van der Waals surface area contributed by atoms with E-state index in [1.54, 1.807) is 0 Å². The summed E-state index contributed by atoms with van der Waals surface area (Å²) in [5.41, 5.74) is 6.93. The lowest BCUT2D eigenvalue weighted by molar-refractivity contribution is 0.747. The Kier molecular flexibility index (Phi) is 3.39. The molecule has 88 valence electrons. The van der Waals surface area contributed by atoms with Gasteiger partial charge in [-0.25, -0.2) is 9.97 Å². The number of anilines is 1. The van der Waals surface area contributed by atoms with Crippen LogP contribution in [0.2, 0.25) is 0 Å². The van der Waals surface area contributed by atoms with Crippen molar-refractivity contribution in [3.8, 4) is 0 Å². The van der Waals surface area contributed by atoms with Gasteiger partial charge in [-0.05, 0) is 32.2 Å². The van der Waals surface area contributed by atoms with E-state index in [1.807, 2.05) is 13.1 Å². The molecule has 4 nitrogen and oxygen atoms in total. The van der Waals surface area contributed by atoms with Gasteiger partial charge in [0.05, 0.1) is 0 Å². The van der Waals surface area contributed by atoms with Crippen LogP contribution in [0, 0.1) is 6.92 Å². The number of aromatic nitrogens is 2. The third-order valence-corrected chi connectivity index (χ3v) is 3.21. The Morgan fingerprint density at radius 1 is 1.44 bits per heavy atom. The van der Waals surface area contributed by atoms with Crippen molar-refractivity contribution in [2.75, 3.05) is 24.5 Å². The van der Waals surface area contributed by atoms with Crippen molar-refractivity contribution in [2.24, 2.45) is 5.73 Å². The first-order valence-electron chi connectivity index (χ1n) is 6.01. The van der Waals surface area contributed by atoms with E-state index >= 15 is 0 Å². The Morgan fingerprint density at radius 3 is 2.75 bits per heavy atom. The van der Waals surface area contributed by atoms with Crippen molar-refractivity contribution in [1.29, 1.82) is 0 Å². The SMILES string of the molecule is Cc1ncc(C(C)CN)c(N2CCCC2)n1. The molecule has 1 aliphatic heterocycles. The molecule has 4 heteroatoms. The van der Waals surface area contributed by atoms with Gasteiger partial charge in [-0.3, -0.25) is 0 Å². The molecule has 2 N–H and O–H groups in total. The highest BCUT2D eigenvalue weighted by Crippen LogP contribution is 2.27. The average molecular weight is 220 g/mol. The summed E-state index contributed by atoms with van der Waals surface area (Å²) in [4.78, 5) is 11.2. The maximum atomic E-state index is 5.74. The van der Waals surface area contributed by atoms with Crippen LogP contribution in [0.4, 0.5) is 5.82 Å². The Hall–Kier alpha value is -1.16. The van der Waals surface area contributed by atoms with Gasteiger partial charge in [0.2, 0.25) is 0 Å². The standard InChI is InChI=1S/C12H20N4/c1-9(7-13)11-8-14-10(2)15-12(11)16-5-3-4-6-16/h8-9H,3-7,13H2,1-2H3. The zero-order valence-corrected chi connectivity index (χ0v) is 10.1. The molecule has 0 bridgehead atoms. The maximum Gasteiger partial charge on any atom is 0.135 e. The summed E-state index contributed by atoms with van der Waals surface area (Å²) in [6.45, 7) is 6.94. The van der Waals surface area contributed by atoms with E-state index < -0.39 is 0 Å². The van der Waals surface area contributed by atoms with Crippen LogP contribution >= 0.6 is 0 Å². The highest BCUT2D eigenvalue weighted by molar-refractivity contribution is 5.48. The van der Waals surface area contributed by atoms with Crippen molar-refractivity contribution in [3.63, 3.8) is 0 Å². The summed E-state index contributed by atoms with van der Waals surface area (Å²) in [5.74, 6) is 2.27. The minimum absolute atomic E-state index is 0.330. The van der Waals surface area contributed by atoms with Crippen LogP contribution in [0.1, 0.15) is 37.1 Å². The van der Waals surface area contributed by atoms with Crippen LogP contribution in [0.5, 0.6) is 0 Å². The predicted octanol–water partition coefficient (Wildman–Crippen LogP) is 1.45. The fourth-order valence-electron chi connectivity index (χ4n) is 2.12. The number of nitrogens with zero attached hydrogens (tertiary/aromatic N) is 3. The summed E-state index contributed by atoms with van der Waals surface area (Å²) in [5, 5.41) is 0. The second-order valence-corrected chi connectivity index (χ2v) is 4.53. The first-order chi connectivity index (χ1) is 7.72. The van der Waals surface area contributed by atoms with Crippen LogP contribution < -0.4 is 10.6 Å². The summed E-state index contributed by atoms with van der Waals surface area (Å²) in [7, 11) is 0. The van der Waals surface area contributed by atoms with Crippen LogP contribution in [-0.4, -0.2) is 29.6 Å². The summed E-state index contributed by atoms with van der Waals surface area (Å²) >= 11 is 0. The molecular weight excluding hydrogens is 200 g/mol. The van der Waals surface area contributed by atoms with Gasteiger partial charge in [0, 0.05) is 24.8 Å². The van der Waals surface area contributed by atoms with Crippen LogP contribution in [-0.2, 0) is 0 Å². The van der Waals surface area contributed by atoms with Gasteiger partial charge in [-0.15, -0.1) is 0 Å². The fraction of sp³-hybridized carbons (Fsp3) is 0.667. The summed E-state index contributed by atoms with van der Waals surface area (Å²) < 4.78 is 0. The predicted molar refractivity (Wildman–Crippen MR) is 65.7 cm³/mol. The van der Waals surface area contributed by atoms with Crippen LogP contribution in [0.3, 0.4) is 0 Å². The van der Waals surface area contributed by atoms with Gasteiger partial charge in [0.15, 0.2) is 0 Å². The van der Waals surface area contributed by atoms with E-state index in [4.69, 9.17) is 5.73 Å². The molecule has 0 saturated carbocycles. The Labute approximate surface area is 96.9 Å². The molecule has 0 aliphatic carbocycles. The van der Waals surface area contributed by atoms with Crippen molar-refractivity contribution < 1.29 is 0 Å². The number of hydrogen-bond donors (Lipinski definition) is 1. The zero-order chi connectivity index (χ0) is 11.5. The average Bonchev–Trinajstić information content (AvgIpc) is 2.81. The maximum absolute atomic E-state index is 5.74. The monoisotopic (exact) mass is 220 g/mol. The summed E-state index contributed by atoms with van der Waals surface area (Å²) in [6.07, 6.45) is 4.46. The molecule has 2 rings (SSSR count). The number of hydrogen-bond acceptors (Lipinski definition) is 4. The molecule has 1 aliphatic rings. The normalized spacial score (nSPS) is 17.8. The third-order valence-electron chi connectivity index (χ3n) is 3.21. The minimum atomic E-state index is 0.330. The Balaban J connectivity index is 2.35. The molecule has 1 aromatic rings. The first-order valence-corrected chi connectivity index (χ1v) is 6.01. The molecule has 2 heterocycles. The molecule has 1 atom stereocenters. The second kappa shape index (κ2) is 4.78. The van der Waals surface area contributed by atoms with Crippen molar-refractivity contribution >= 4 is 5.82 Å². The largest absolute Gasteiger partial charge is 0.356 e. The highest BCUT2D eigenvalue weighted by atomic mass is 15.2. The van der Waals surface area contributed by atoms with Gasteiger partial charge < -0.3 is 10.6 Å². The molecule has 0 amide bonds. The second-order valence-electron chi connectivity index (χ2n) is 4.53. The molecule has 0 spiro atoms. The molecule has 1 aromatic heterocycles. The molecule has 0 aromatic carbocycles. The number of nitrogens with two attached hydrogens (primary N) is 1. The lowest BCUT2D eigenvalue weighted by Crippen LogP contribution is -2.23. The van der Waals surface area contributed by atoms with Crippen molar-refractivity contribution in [2.45, 2.75) is 32.6 Å². The van der Waals surface area contributed by atoms with E-state index in [-0.39, 0.29) is 0 Å². The number of aryl methyl sites for hydroxylation is 1.